The van der Waals surface area contributed by atoms with Crippen molar-refractivity contribution in [2.75, 3.05) is 19.5 Å². The van der Waals surface area contributed by atoms with Crippen LogP contribution in [-0.2, 0) is 22.4 Å². The molecule has 1 aliphatic rings. The Morgan fingerprint density at radius 1 is 1.06 bits per heavy atom. The molecule has 0 saturated carbocycles. The molecule has 7 heteroatoms. The molecule has 1 N–H and O–H groups in total. The van der Waals surface area contributed by atoms with Gasteiger partial charge in [-0.15, -0.1) is 11.3 Å². The lowest BCUT2D eigenvalue weighted by Crippen LogP contribution is -2.15. The zero-order valence-corrected chi connectivity index (χ0v) is 19.8. The van der Waals surface area contributed by atoms with Gasteiger partial charge in [0, 0.05) is 10.9 Å². The van der Waals surface area contributed by atoms with Crippen molar-refractivity contribution in [1.29, 1.82) is 5.26 Å². The van der Waals surface area contributed by atoms with E-state index in [4.69, 9.17) is 9.47 Å². The van der Waals surface area contributed by atoms with Crippen molar-refractivity contribution < 1.29 is 19.1 Å². The summed E-state index contributed by atoms with van der Waals surface area (Å²) in [6, 6.07) is 15.2. The van der Waals surface area contributed by atoms with Gasteiger partial charge < -0.3 is 14.8 Å². The monoisotopic (exact) mass is 472 g/mol. The standard InChI is InChI=1S/C27H24N2O4S/c1-32-22-11-7-17(8-12-22)13-21(15-28)25(30)29-26-24(27(31)33-2)23(16-34-26)20-10-9-18-5-3-4-6-19(18)14-20/h7-14,16H,3-6H2,1-2H3,(H,29,30)/b21-13+. The number of nitrogens with zero attached hydrogens (tertiary/aromatic N) is 1. The molecule has 0 saturated heterocycles. The molecule has 2 aromatic carbocycles. The van der Waals surface area contributed by atoms with Crippen molar-refractivity contribution in [3.05, 3.63) is 75.7 Å². The first-order valence-electron chi connectivity index (χ1n) is 10.9. The van der Waals surface area contributed by atoms with Crippen LogP contribution in [0.4, 0.5) is 5.00 Å². The van der Waals surface area contributed by atoms with Crippen LogP contribution in [-0.4, -0.2) is 26.1 Å². The Balaban J connectivity index is 1.64. The molecule has 0 aliphatic heterocycles. The van der Waals surface area contributed by atoms with Crippen LogP contribution in [0.1, 0.15) is 39.9 Å². The number of esters is 1. The molecule has 172 valence electrons. The number of amides is 1. The number of aryl methyl sites for hydroxylation is 2. The predicted molar refractivity (Wildman–Crippen MR) is 133 cm³/mol. The minimum absolute atomic E-state index is 0.0790. The van der Waals surface area contributed by atoms with Crippen molar-refractivity contribution in [1.82, 2.24) is 0 Å². The zero-order chi connectivity index (χ0) is 24.1. The number of benzene rings is 2. The molecule has 0 spiro atoms. The fraction of sp³-hybridized carbons (Fsp3) is 0.222. The number of hydrogen-bond acceptors (Lipinski definition) is 6. The van der Waals surface area contributed by atoms with E-state index >= 15 is 0 Å². The molecule has 3 aromatic rings. The predicted octanol–water partition coefficient (Wildman–Crippen LogP) is 5.63. The number of fused-ring (bicyclic) bond motifs is 1. The maximum Gasteiger partial charge on any atom is 0.341 e. The van der Waals surface area contributed by atoms with Gasteiger partial charge in [0.25, 0.3) is 5.91 Å². The Labute approximate surface area is 202 Å². The van der Waals surface area contributed by atoms with Gasteiger partial charge in [-0.3, -0.25) is 4.79 Å². The van der Waals surface area contributed by atoms with Crippen molar-refractivity contribution >= 4 is 34.3 Å². The second-order valence-electron chi connectivity index (χ2n) is 7.93. The minimum atomic E-state index is -0.595. The number of hydrogen-bond donors (Lipinski definition) is 1. The summed E-state index contributed by atoms with van der Waals surface area (Å²) >= 11 is 1.23. The van der Waals surface area contributed by atoms with Crippen LogP contribution in [0.15, 0.2) is 53.4 Å². The van der Waals surface area contributed by atoms with E-state index in [0.717, 1.165) is 24.8 Å². The first-order chi connectivity index (χ1) is 16.5. The van der Waals surface area contributed by atoms with Gasteiger partial charge in [0.05, 0.1) is 14.2 Å². The normalized spacial score (nSPS) is 12.9. The van der Waals surface area contributed by atoms with E-state index in [2.05, 4.69) is 17.4 Å². The van der Waals surface area contributed by atoms with Crippen LogP contribution in [0.2, 0.25) is 0 Å². The van der Waals surface area contributed by atoms with Gasteiger partial charge in [-0.1, -0.05) is 30.3 Å². The van der Waals surface area contributed by atoms with Gasteiger partial charge in [0.2, 0.25) is 0 Å². The third-order valence-corrected chi connectivity index (χ3v) is 6.75. The van der Waals surface area contributed by atoms with Crippen molar-refractivity contribution in [2.24, 2.45) is 0 Å². The molecule has 4 rings (SSSR count). The Bertz CT molecular complexity index is 1300. The number of anilines is 1. The average Bonchev–Trinajstić information content (AvgIpc) is 3.30. The molecule has 1 aliphatic carbocycles. The number of ether oxygens (including phenoxy) is 2. The number of nitrogens with one attached hydrogen (secondary N) is 1. The lowest BCUT2D eigenvalue weighted by molar-refractivity contribution is -0.112. The van der Waals surface area contributed by atoms with Crippen LogP contribution in [0.25, 0.3) is 17.2 Å². The van der Waals surface area contributed by atoms with Crippen LogP contribution in [0, 0.1) is 11.3 Å². The molecule has 0 atom stereocenters. The summed E-state index contributed by atoms with van der Waals surface area (Å²) < 4.78 is 10.2. The number of thiophene rings is 1. The van der Waals surface area contributed by atoms with Crippen LogP contribution in [0.3, 0.4) is 0 Å². The zero-order valence-electron chi connectivity index (χ0n) is 19.0. The Hall–Kier alpha value is -3.89. The van der Waals surface area contributed by atoms with Gasteiger partial charge in [0.1, 0.15) is 28.0 Å². The smallest absolute Gasteiger partial charge is 0.341 e. The van der Waals surface area contributed by atoms with E-state index in [9.17, 15) is 14.9 Å². The largest absolute Gasteiger partial charge is 0.497 e. The SMILES string of the molecule is COC(=O)c1c(-c2ccc3c(c2)CCCC3)csc1NC(=O)/C(C#N)=C/c1ccc(OC)cc1. The first-order valence-corrected chi connectivity index (χ1v) is 11.8. The van der Waals surface area contributed by atoms with E-state index in [0.29, 0.717) is 27.4 Å². The Kier molecular flexibility index (Phi) is 7.09. The number of rotatable bonds is 6. The number of nitriles is 1. The summed E-state index contributed by atoms with van der Waals surface area (Å²) in [6.45, 7) is 0. The Morgan fingerprint density at radius 2 is 1.79 bits per heavy atom. The Morgan fingerprint density at radius 3 is 2.47 bits per heavy atom. The van der Waals surface area contributed by atoms with Crippen LogP contribution < -0.4 is 10.1 Å². The summed E-state index contributed by atoms with van der Waals surface area (Å²) in [5.74, 6) is -0.458. The number of carbonyl (C=O) groups excluding carboxylic acids is 2. The highest BCUT2D eigenvalue weighted by molar-refractivity contribution is 7.15. The minimum Gasteiger partial charge on any atom is -0.497 e. The first kappa shape index (κ1) is 23.3. The van der Waals surface area contributed by atoms with Crippen LogP contribution >= 0.6 is 11.3 Å². The summed E-state index contributed by atoms with van der Waals surface area (Å²) in [6.07, 6.45) is 5.93. The van der Waals surface area contributed by atoms with Crippen molar-refractivity contribution in [3.8, 4) is 22.9 Å². The summed E-state index contributed by atoms with van der Waals surface area (Å²) in [7, 11) is 2.88. The van der Waals surface area contributed by atoms with E-state index in [-0.39, 0.29) is 5.57 Å². The second-order valence-corrected chi connectivity index (χ2v) is 8.81. The van der Waals surface area contributed by atoms with Gasteiger partial charge in [-0.2, -0.15) is 5.26 Å². The summed E-state index contributed by atoms with van der Waals surface area (Å²) in [4.78, 5) is 25.6. The maximum absolute atomic E-state index is 12.9. The molecule has 1 heterocycles. The third-order valence-electron chi connectivity index (χ3n) is 5.86. The second kappa shape index (κ2) is 10.4. The molecule has 0 unspecified atom stereocenters. The molecule has 1 aromatic heterocycles. The van der Waals surface area contributed by atoms with E-state index in [1.807, 2.05) is 17.5 Å². The number of carbonyl (C=O) groups is 2. The number of methoxy groups -OCH3 is 2. The summed E-state index contributed by atoms with van der Waals surface area (Å²) in [5, 5.41) is 14.5. The highest BCUT2D eigenvalue weighted by Gasteiger charge is 2.24. The van der Waals surface area contributed by atoms with Gasteiger partial charge in [-0.25, -0.2) is 4.79 Å². The van der Waals surface area contributed by atoms with Gasteiger partial charge in [0.15, 0.2) is 0 Å². The summed E-state index contributed by atoms with van der Waals surface area (Å²) in [5.41, 5.74) is 5.15. The van der Waals surface area contributed by atoms with E-state index < -0.39 is 11.9 Å². The molecule has 1 amide bonds. The quantitative estimate of drug-likeness (QED) is 0.285. The molecular formula is C27H24N2O4S. The fourth-order valence-electron chi connectivity index (χ4n) is 4.05. The van der Waals surface area contributed by atoms with E-state index in [1.54, 1.807) is 31.4 Å². The lowest BCUT2D eigenvalue weighted by atomic mass is 9.89. The molecule has 0 fully saturated rings. The molecule has 34 heavy (non-hydrogen) atoms. The molecule has 0 bridgehead atoms. The highest BCUT2D eigenvalue weighted by atomic mass is 32.1. The highest BCUT2D eigenvalue weighted by Crippen LogP contribution is 2.38. The van der Waals surface area contributed by atoms with Gasteiger partial charge >= 0.3 is 5.97 Å². The lowest BCUT2D eigenvalue weighted by Gasteiger charge is -2.16. The topological polar surface area (TPSA) is 88.4 Å². The average molecular weight is 473 g/mol. The molecule has 6 nitrogen and oxygen atoms in total. The molecular weight excluding hydrogens is 448 g/mol. The van der Waals surface area contributed by atoms with Crippen molar-refractivity contribution in [3.63, 3.8) is 0 Å². The van der Waals surface area contributed by atoms with Crippen LogP contribution in [0.5, 0.6) is 5.75 Å². The van der Waals surface area contributed by atoms with Gasteiger partial charge in [-0.05, 0) is 66.1 Å². The maximum atomic E-state index is 12.9. The van der Waals surface area contributed by atoms with E-state index in [1.165, 1.54) is 42.1 Å². The molecule has 0 radical (unpaired) electrons. The van der Waals surface area contributed by atoms with Crippen molar-refractivity contribution in [2.45, 2.75) is 25.7 Å². The third kappa shape index (κ3) is 4.87. The fourth-order valence-corrected chi connectivity index (χ4v) is 5.01.